The summed E-state index contributed by atoms with van der Waals surface area (Å²) in [6, 6.07) is 14.4. The Bertz CT molecular complexity index is 1050. The second kappa shape index (κ2) is 8.82. The van der Waals surface area contributed by atoms with Crippen LogP contribution in [0, 0.1) is 6.92 Å². The van der Waals surface area contributed by atoms with Gasteiger partial charge in [-0.05, 0) is 69.7 Å². The first-order chi connectivity index (χ1) is 13.9. The average Bonchev–Trinajstić information content (AvgIpc) is 2.69. The van der Waals surface area contributed by atoms with Crippen molar-refractivity contribution in [2.75, 3.05) is 23.3 Å². The standard InChI is InChI=1S/C23H26N2O4/c1-5-25(6-2)18-9-7-17(8-10-18)24-23(27)16(4)28-19-11-12-20-15(3)13-22(26)29-21(20)14-19/h7-14,16H,5-6H2,1-4H3,(H,24,27). The van der Waals surface area contributed by atoms with Gasteiger partial charge in [0.15, 0.2) is 6.10 Å². The molecular weight excluding hydrogens is 368 g/mol. The van der Waals surface area contributed by atoms with Crippen LogP contribution in [0.2, 0.25) is 0 Å². The van der Waals surface area contributed by atoms with Gasteiger partial charge in [0.2, 0.25) is 0 Å². The lowest BCUT2D eigenvalue weighted by Crippen LogP contribution is -2.30. The number of benzene rings is 2. The third-order valence-corrected chi connectivity index (χ3v) is 4.87. The van der Waals surface area contributed by atoms with E-state index in [-0.39, 0.29) is 5.91 Å². The smallest absolute Gasteiger partial charge is 0.336 e. The molecule has 29 heavy (non-hydrogen) atoms. The van der Waals surface area contributed by atoms with E-state index < -0.39 is 11.7 Å². The molecule has 0 saturated carbocycles. The van der Waals surface area contributed by atoms with Gasteiger partial charge in [-0.3, -0.25) is 4.79 Å². The first kappa shape index (κ1) is 20.5. The Morgan fingerprint density at radius 3 is 2.45 bits per heavy atom. The number of carbonyl (C=O) groups is 1. The molecule has 1 unspecified atom stereocenters. The van der Waals surface area contributed by atoms with Crippen LogP contribution in [-0.2, 0) is 4.79 Å². The highest BCUT2D eigenvalue weighted by Gasteiger charge is 2.16. The molecule has 1 atom stereocenters. The molecule has 0 spiro atoms. The molecule has 1 amide bonds. The lowest BCUT2D eigenvalue weighted by Gasteiger charge is -2.21. The summed E-state index contributed by atoms with van der Waals surface area (Å²) in [5.74, 6) is 0.206. The summed E-state index contributed by atoms with van der Waals surface area (Å²) >= 11 is 0. The summed E-state index contributed by atoms with van der Waals surface area (Å²) in [4.78, 5) is 26.3. The predicted molar refractivity (Wildman–Crippen MR) is 116 cm³/mol. The highest BCUT2D eigenvalue weighted by Crippen LogP contribution is 2.23. The van der Waals surface area contributed by atoms with Gasteiger partial charge in [0.1, 0.15) is 11.3 Å². The molecule has 152 valence electrons. The molecule has 3 rings (SSSR count). The van der Waals surface area contributed by atoms with Crippen LogP contribution in [0.1, 0.15) is 26.3 Å². The van der Waals surface area contributed by atoms with E-state index in [1.54, 1.807) is 19.1 Å². The van der Waals surface area contributed by atoms with Crippen molar-refractivity contribution in [3.8, 4) is 5.75 Å². The zero-order chi connectivity index (χ0) is 21.0. The molecule has 1 aromatic heterocycles. The second-order valence-corrected chi connectivity index (χ2v) is 6.87. The molecule has 3 aromatic rings. The molecule has 1 N–H and O–H groups in total. The summed E-state index contributed by atoms with van der Waals surface area (Å²) in [6.45, 7) is 9.60. The number of fused-ring (bicyclic) bond motifs is 1. The molecule has 0 radical (unpaired) electrons. The molecule has 0 bridgehead atoms. The lowest BCUT2D eigenvalue weighted by atomic mass is 10.1. The summed E-state index contributed by atoms with van der Waals surface area (Å²) in [5.41, 5.74) is 2.69. The highest BCUT2D eigenvalue weighted by molar-refractivity contribution is 5.94. The van der Waals surface area contributed by atoms with Crippen molar-refractivity contribution < 1.29 is 13.9 Å². The van der Waals surface area contributed by atoms with Crippen LogP contribution < -0.4 is 20.6 Å². The quantitative estimate of drug-likeness (QED) is 0.603. The van der Waals surface area contributed by atoms with Gasteiger partial charge in [-0.1, -0.05) is 0 Å². The number of anilines is 2. The van der Waals surface area contributed by atoms with Crippen LogP contribution in [0.4, 0.5) is 11.4 Å². The number of nitrogens with one attached hydrogen (secondary N) is 1. The van der Waals surface area contributed by atoms with Gasteiger partial charge >= 0.3 is 5.63 Å². The van der Waals surface area contributed by atoms with E-state index in [4.69, 9.17) is 9.15 Å². The number of ether oxygens (including phenoxy) is 1. The molecule has 2 aromatic carbocycles. The van der Waals surface area contributed by atoms with Crippen LogP contribution in [-0.4, -0.2) is 25.1 Å². The summed E-state index contributed by atoms with van der Waals surface area (Å²) in [7, 11) is 0. The summed E-state index contributed by atoms with van der Waals surface area (Å²) in [6.07, 6.45) is -0.716. The molecule has 0 saturated heterocycles. The molecular formula is C23H26N2O4. The Morgan fingerprint density at radius 1 is 1.10 bits per heavy atom. The minimum atomic E-state index is -0.716. The van der Waals surface area contributed by atoms with Crippen LogP contribution in [0.3, 0.4) is 0 Å². The molecule has 0 aliphatic heterocycles. The Labute approximate surface area is 170 Å². The van der Waals surface area contributed by atoms with Crippen LogP contribution in [0.5, 0.6) is 5.75 Å². The zero-order valence-electron chi connectivity index (χ0n) is 17.2. The van der Waals surface area contributed by atoms with Gasteiger partial charge < -0.3 is 19.4 Å². The van der Waals surface area contributed by atoms with E-state index in [2.05, 4.69) is 24.1 Å². The predicted octanol–water partition coefficient (Wildman–Crippen LogP) is 4.35. The van der Waals surface area contributed by atoms with Crippen molar-refractivity contribution in [3.63, 3.8) is 0 Å². The number of nitrogens with zero attached hydrogens (tertiary/aromatic N) is 1. The topological polar surface area (TPSA) is 71.8 Å². The van der Waals surface area contributed by atoms with Gasteiger partial charge in [0.25, 0.3) is 5.91 Å². The number of carbonyl (C=O) groups excluding carboxylic acids is 1. The van der Waals surface area contributed by atoms with Crippen LogP contribution in [0.25, 0.3) is 11.0 Å². The first-order valence-electron chi connectivity index (χ1n) is 9.78. The SMILES string of the molecule is CCN(CC)c1ccc(NC(=O)C(C)Oc2ccc3c(C)cc(=O)oc3c2)cc1. The molecule has 1 heterocycles. The van der Waals surface area contributed by atoms with Gasteiger partial charge in [0, 0.05) is 42.0 Å². The minimum absolute atomic E-state index is 0.258. The average molecular weight is 394 g/mol. The number of hydrogen-bond donors (Lipinski definition) is 1. The highest BCUT2D eigenvalue weighted by atomic mass is 16.5. The van der Waals surface area contributed by atoms with Crippen molar-refractivity contribution in [2.45, 2.75) is 33.8 Å². The molecule has 0 fully saturated rings. The van der Waals surface area contributed by atoms with Gasteiger partial charge in [-0.2, -0.15) is 0 Å². The first-order valence-corrected chi connectivity index (χ1v) is 9.78. The summed E-state index contributed by atoms with van der Waals surface area (Å²) < 4.78 is 11.0. The molecule has 6 heteroatoms. The Morgan fingerprint density at radius 2 is 1.79 bits per heavy atom. The van der Waals surface area contributed by atoms with Gasteiger partial charge in [-0.15, -0.1) is 0 Å². The van der Waals surface area contributed by atoms with E-state index in [0.717, 1.165) is 29.7 Å². The van der Waals surface area contributed by atoms with E-state index in [1.165, 1.54) is 6.07 Å². The third-order valence-electron chi connectivity index (χ3n) is 4.87. The van der Waals surface area contributed by atoms with Gasteiger partial charge in [-0.25, -0.2) is 4.79 Å². The maximum atomic E-state index is 12.5. The molecule has 0 aliphatic carbocycles. The Kier molecular flexibility index (Phi) is 6.22. The monoisotopic (exact) mass is 394 g/mol. The normalized spacial score (nSPS) is 11.9. The van der Waals surface area contributed by atoms with E-state index in [1.807, 2.05) is 37.3 Å². The van der Waals surface area contributed by atoms with Crippen molar-refractivity contribution in [3.05, 3.63) is 64.5 Å². The van der Waals surface area contributed by atoms with E-state index >= 15 is 0 Å². The fraction of sp³-hybridized carbons (Fsp3) is 0.304. The number of aryl methyl sites for hydroxylation is 1. The number of amides is 1. The molecule has 6 nitrogen and oxygen atoms in total. The minimum Gasteiger partial charge on any atom is -0.481 e. The largest absolute Gasteiger partial charge is 0.481 e. The fourth-order valence-electron chi connectivity index (χ4n) is 3.22. The van der Waals surface area contributed by atoms with Crippen LogP contribution in [0.15, 0.2) is 57.7 Å². The lowest BCUT2D eigenvalue weighted by molar-refractivity contribution is -0.122. The maximum Gasteiger partial charge on any atom is 0.336 e. The zero-order valence-corrected chi connectivity index (χ0v) is 17.2. The second-order valence-electron chi connectivity index (χ2n) is 6.87. The van der Waals surface area contributed by atoms with Crippen molar-refractivity contribution >= 4 is 28.3 Å². The third kappa shape index (κ3) is 4.77. The van der Waals surface area contributed by atoms with E-state index in [9.17, 15) is 9.59 Å². The van der Waals surface area contributed by atoms with Crippen molar-refractivity contribution in [1.29, 1.82) is 0 Å². The van der Waals surface area contributed by atoms with Crippen LogP contribution >= 0.6 is 0 Å². The Hall–Kier alpha value is -3.28. The van der Waals surface area contributed by atoms with Gasteiger partial charge in [0.05, 0.1) is 0 Å². The number of hydrogen-bond acceptors (Lipinski definition) is 5. The Balaban J connectivity index is 1.67. The summed E-state index contributed by atoms with van der Waals surface area (Å²) in [5, 5.41) is 3.70. The number of rotatable bonds is 7. The molecule has 0 aliphatic rings. The fourth-order valence-corrected chi connectivity index (χ4v) is 3.22. The van der Waals surface area contributed by atoms with Crippen molar-refractivity contribution in [1.82, 2.24) is 0 Å². The van der Waals surface area contributed by atoms with E-state index in [0.29, 0.717) is 17.0 Å². The van der Waals surface area contributed by atoms with Crippen molar-refractivity contribution in [2.24, 2.45) is 0 Å². The maximum absolute atomic E-state index is 12.5.